The molecule has 0 saturated carbocycles. The number of sulfonamides is 1. The third-order valence-corrected chi connectivity index (χ3v) is 6.13. The summed E-state index contributed by atoms with van der Waals surface area (Å²) in [6.45, 7) is 3.48. The van der Waals surface area contributed by atoms with E-state index in [0.29, 0.717) is 17.7 Å². The number of nitro groups is 1. The first-order valence-corrected chi connectivity index (χ1v) is 8.64. The fourth-order valence-electron chi connectivity index (χ4n) is 2.99. The van der Waals surface area contributed by atoms with E-state index in [4.69, 9.17) is 0 Å². The largest absolute Gasteiger partial charge is 0.270 e. The molecule has 2 aromatic rings. The molecule has 6 nitrogen and oxygen atoms in total. The maximum atomic E-state index is 13.1. The van der Waals surface area contributed by atoms with Crippen LogP contribution >= 0.6 is 0 Å². The van der Waals surface area contributed by atoms with Crippen molar-refractivity contribution in [2.24, 2.45) is 0 Å². The van der Waals surface area contributed by atoms with Crippen molar-refractivity contribution in [1.29, 1.82) is 0 Å². The Kier molecular flexibility index (Phi) is 3.60. The number of nitro benzene ring substituents is 1. The van der Waals surface area contributed by atoms with Gasteiger partial charge in [-0.2, -0.15) is 0 Å². The standard InChI is InChI=1S/C16H16N2O4S/c1-11-7-8-14(18(19)20)10-16(11)23(21,22)17-12(2)9-13-5-3-4-6-15(13)17/h3-8,10,12H,9H2,1-2H3. The number of fused-ring (bicyclic) bond motifs is 1. The molecule has 2 aromatic carbocycles. The maximum Gasteiger partial charge on any atom is 0.270 e. The van der Waals surface area contributed by atoms with Gasteiger partial charge >= 0.3 is 0 Å². The second kappa shape index (κ2) is 5.34. The van der Waals surface area contributed by atoms with Gasteiger partial charge in [-0.15, -0.1) is 0 Å². The van der Waals surface area contributed by atoms with Gasteiger partial charge in [0.1, 0.15) is 0 Å². The summed E-state index contributed by atoms with van der Waals surface area (Å²) in [5.74, 6) is 0. The van der Waals surface area contributed by atoms with Crippen molar-refractivity contribution in [2.75, 3.05) is 4.31 Å². The van der Waals surface area contributed by atoms with Gasteiger partial charge in [-0.05, 0) is 37.5 Å². The molecule has 3 rings (SSSR count). The molecule has 0 amide bonds. The van der Waals surface area contributed by atoms with Gasteiger partial charge in [0, 0.05) is 18.2 Å². The molecule has 0 N–H and O–H groups in total. The molecule has 0 bridgehead atoms. The minimum absolute atomic E-state index is 0.0183. The third-order valence-electron chi connectivity index (χ3n) is 4.06. The van der Waals surface area contributed by atoms with E-state index in [1.165, 1.54) is 16.4 Å². The van der Waals surface area contributed by atoms with Crippen LogP contribution in [-0.4, -0.2) is 19.4 Å². The Bertz CT molecular complexity index is 893. The Labute approximate surface area is 134 Å². The van der Waals surface area contributed by atoms with Crippen molar-refractivity contribution in [2.45, 2.75) is 31.2 Å². The Hall–Kier alpha value is -2.41. The average Bonchev–Trinajstić information content (AvgIpc) is 2.83. The van der Waals surface area contributed by atoms with Gasteiger partial charge in [-0.25, -0.2) is 8.42 Å². The van der Waals surface area contributed by atoms with Gasteiger partial charge < -0.3 is 0 Å². The Morgan fingerprint density at radius 2 is 1.91 bits per heavy atom. The maximum absolute atomic E-state index is 13.1. The summed E-state index contributed by atoms with van der Waals surface area (Å²) in [4.78, 5) is 10.4. The molecule has 0 spiro atoms. The van der Waals surface area contributed by atoms with E-state index in [1.54, 1.807) is 19.1 Å². The normalized spacial score (nSPS) is 17.1. The van der Waals surface area contributed by atoms with E-state index in [-0.39, 0.29) is 16.6 Å². The number of rotatable bonds is 3. The lowest BCUT2D eigenvalue weighted by atomic mass is 10.1. The lowest BCUT2D eigenvalue weighted by molar-refractivity contribution is -0.385. The lowest BCUT2D eigenvalue weighted by Gasteiger charge is -2.25. The van der Waals surface area contributed by atoms with Gasteiger partial charge in [0.15, 0.2) is 0 Å². The van der Waals surface area contributed by atoms with Crippen LogP contribution in [0.5, 0.6) is 0 Å². The predicted molar refractivity (Wildman–Crippen MR) is 87.1 cm³/mol. The molecule has 0 aromatic heterocycles. The molecule has 1 heterocycles. The summed E-state index contributed by atoms with van der Waals surface area (Å²) >= 11 is 0. The summed E-state index contributed by atoms with van der Waals surface area (Å²) in [6.07, 6.45) is 0.628. The Balaban J connectivity index is 2.17. The van der Waals surface area contributed by atoms with E-state index in [2.05, 4.69) is 0 Å². The van der Waals surface area contributed by atoms with Crippen molar-refractivity contribution in [3.8, 4) is 0 Å². The minimum Gasteiger partial charge on any atom is -0.263 e. The zero-order chi connectivity index (χ0) is 16.8. The molecule has 23 heavy (non-hydrogen) atoms. The average molecular weight is 332 g/mol. The summed E-state index contributed by atoms with van der Waals surface area (Å²) in [5.41, 5.74) is 1.87. The topological polar surface area (TPSA) is 80.5 Å². The van der Waals surface area contributed by atoms with E-state index >= 15 is 0 Å². The molecular formula is C16H16N2O4S. The van der Waals surface area contributed by atoms with Crippen LogP contribution < -0.4 is 4.31 Å². The molecule has 1 atom stereocenters. The highest BCUT2D eigenvalue weighted by Crippen LogP contribution is 2.37. The van der Waals surface area contributed by atoms with E-state index < -0.39 is 14.9 Å². The molecule has 1 aliphatic rings. The minimum atomic E-state index is -3.86. The Morgan fingerprint density at radius 3 is 2.61 bits per heavy atom. The van der Waals surface area contributed by atoms with Crippen molar-refractivity contribution >= 4 is 21.4 Å². The van der Waals surface area contributed by atoms with Crippen molar-refractivity contribution in [1.82, 2.24) is 0 Å². The van der Waals surface area contributed by atoms with Crippen LogP contribution in [0.2, 0.25) is 0 Å². The number of benzene rings is 2. The van der Waals surface area contributed by atoms with Crippen LogP contribution in [0.4, 0.5) is 11.4 Å². The SMILES string of the molecule is Cc1ccc([N+](=O)[O-])cc1S(=O)(=O)N1c2ccccc2CC1C. The van der Waals surface area contributed by atoms with E-state index in [0.717, 1.165) is 11.6 Å². The molecule has 0 radical (unpaired) electrons. The molecule has 0 saturated heterocycles. The number of aryl methyl sites for hydroxylation is 1. The summed E-state index contributed by atoms with van der Waals surface area (Å²) in [5, 5.41) is 11.0. The molecule has 7 heteroatoms. The zero-order valence-corrected chi connectivity index (χ0v) is 13.6. The first kappa shape index (κ1) is 15.5. The van der Waals surface area contributed by atoms with Crippen molar-refractivity contribution in [3.05, 3.63) is 63.7 Å². The fraction of sp³-hybridized carbons (Fsp3) is 0.250. The number of para-hydroxylation sites is 1. The summed E-state index contributed by atoms with van der Waals surface area (Å²) in [7, 11) is -3.86. The number of hydrogen-bond acceptors (Lipinski definition) is 4. The van der Waals surface area contributed by atoms with Gasteiger partial charge in [-0.3, -0.25) is 14.4 Å². The van der Waals surface area contributed by atoms with Gasteiger partial charge in [0.2, 0.25) is 0 Å². The predicted octanol–water partition coefficient (Wildman–Crippen LogP) is 3.04. The van der Waals surface area contributed by atoms with Crippen LogP contribution in [0.15, 0.2) is 47.4 Å². The second-order valence-corrected chi connectivity index (χ2v) is 7.47. The van der Waals surface area contributed by atoms with Crippen LogP contribution in [0, 0.1) is 17.0 Å². The second-order valence-electron chi connectivity index (χ2n) is 5.69. The monoisotopic (exact) mass is 332 g/mol. The highest BCUT2D eigenvalue weighted by atomic mass is 32.2. The first-order valence-electron chi connectivity index (χ1n) is 7.20. The van der Waals surface area contributed by atoms with Crippen LogP contribution in [0.25, 0.3) is 0 Å². The molecule has 1 unspecified atom stereocenters. The smallest absolute Gasteiger partial charge is 0.263 e. The van der Waals surface area contributed by atoms with Gasteiger partial charge in [0.05, 0.1) is 15.5 Å². The van der Waals surface area contributed by atoms with Crippen molar-refractivity contribution in [3.63, 3.8) is 0 Å². The summed E-state index contributed by atoms with van der Waals surface area (Å²) < 4.78 is 27.6. The van der Waals surface area contributed by atoms with Crippen molar-refractivity contribution < 1.29 is 13.3 Å². The highest BCUT2D eigenvalue weighted by Gasteiger charge is 2.37. The quantitative estimate of drug-likeness (QED) is 0.639. The van der Waals surface area contributed by atoms with E-state index in [9.17, 15) is 18.5 Å². The first-order chi connectivity index (χ1) is 10.8. The molecule has 120 valence electrons. The number of non-ortho nitro benzene ring substituents is 1. The Morgan fingerprint density at radius 1 is 1.22 bits per heavy atom. The van der Waals surface area contributed by atoms with Crippen LogP contribution in [-0.2, 0) is 16.4 Å². The lowest BCUT2D eigenvalue weighted by Crippen LogP contribution is -2.36. The number of hydrogen-bond donors (Lipinski definition) is 0. The molecule has 1 aliphatic heterocycles. The zero-order valence-electron chi connectivity index (χ0n) is 12.8. The molecular weight excluding hydrogens is 316 g/mol. The summed E-state index contributed by atoms with van der Waals surface area (Å²) in [6, 6.07) is 11.0. The van der Waals surface area contributed by atoms with Crippen LogP contribution in [0.1, 0.15) is 18.1 Å². The van der Waals surface area contributed by atoms with Crippen LogP contribution in [0.3, 0.4) is 0 Å². The van der Waals surface area contributed by atoms with Gasteiger partial charge in [-0.1, -0.05) is 24.3 Å². The van der Waals surface area contributed by atoms with E-state index in [1.807, 2.05) is 19.1 Å². The fourth-order valence-corrected chi connectivity index (χ4v) is 4.93. The number of anilines is 1. The van der Waals surface area contributed by atoms with Gasteiger partial charge in [0.25, 0.3) is 15.7 Å². The molecule has 0 aliphatic carbocycles. The third kappa shape index (κ3) is 2.46. The molecule has 0 fully saturated rings. The number of nitrogens with zero attached hydrogens (tertiary/aromatic N) is 2. The highest BCUT2D eigenvalue weighted by molar-refractivity contribution is 7.93.